The van der Waals surface area contributed by atoms with Crippen LogP contribution in [0.15, 0.2) is 12.3 Å². The number of piperidine rings is 1. The van der Waals surface area contributed by atoms with Crippen molar-refractivity contribution < 1.29 is 4.79 Å². The molecule has 2 heterocycles. The van der Waals surface area contributed by atoms with Crippen LogP contribution in [0.5, 0.6) is 0 Å². The molecule has 1 aliphatic rings. The summed E-state index contributed by atoms with van der Waals surface area (Å²) in [7, 11) is 2.11. The molecule has 1 amide bonds. The SMILES string of the molecule is CCn1cc(N)cc1C(=O)NC1CCN(C)CC1. The zero-order valence-corrected chi connectivity index (χ0v) is 11.1. The third-order valence-corrected chi connectivity index (χ3v) is 3.54. The standard InChI is InChI=1S/C13H22N4O/c1-3-17-9-10(14)8-12(17)13(18)15-11-4-6-16(2)7-5-11/h8-9,11H,3-7,14H2,1-2H3,(H,15,18). The van der Waals surface area contributed by atoms with Gasteiger partial charge in [0.2, 0.25) is 0 Å². The average molecular weight is 250 g/mol. The number of carbonyl (C=O) groups excluding carboxylic acids is 1. The Balaban J connectivity index is 1.99. The second kappa shape index (κ2) is 5.44. The van der Waals surface area contributed by atoms with Crippen LogP contribution in [0.4, 0.5) is 5.69 Å². The largest absolute Gasteiger partial charge is 0.397 e. The van der Waals surface area contributed by atoms with E-state index in [1.165, 1.54) is 0 Å². The number of amides is 1. The number of hydrogen-bond donors (Lipinski definition) is 2. The molecule has 0 spiro atoms. The molecule has 0 radical (unpaired) electrons. The Hall–Kier alpha value is -1.49. The Bertz CT molecular complexity index is 419. The number of aromatic nitrogens is 1. The third-order valence-electron chi connectivity index (χ3n) is 3.54. The molecule has 5 nitrogen and oxygen atoms in total. The fourth-order valence-corrected chi connectivity index (χ4v) is 2.40. The molecule has 1 aromatic heterocycles. The minimum atomic E-state index is -0.0110. The van der Waals surface area contributed by atoms with Gasteiger partial charge in [-0.1, -0.05) is 0 Å². The van der Waals surface area contributed by atoms with E-state index < -0.39 is 0 Å². The number of nitrogens with zero attached hydrogens (tertiary/aromatic N) is 2. The number of nitrogens with one attached hydrogen (secondary N) is 1. The Morgan fingerprint density at radius 1 is 1.50 bits per heavy atom. The Kier molecular flexibility index (Phi) is 3.91. The van der Waals surface area contributed by atoms with Crippen molar-refractivity contribution in [2.75, 3.05) is 25.9 Å². The first-order valence-electron chi connectivity index (χ1n) is 6.55. The van der Waals surface area contributed by atoms with Crippen molar-refractivity contribution >= 4 is 11.6 Å². The first kappa shape index (κ1) is 13.0. The van der Waals surface area contributed by atoms with E-state index in [2.05, 4.69) is 17.3 Å². The molecule has 0 unspecified atom stereocenters. The number of nitrogens with two attached hydrogens (primary N) is 1. The van der Waals surface area contributed by atoms with Crippen LogP contribution in [0.2, 0.25) is 0 Å². The summed E-state index contributed by atoms with van der Waals surface area (Å²) < 4.78 is 1.89. The summed E-state index contributed by atoms with van der Waals surface area (Å²) in [6.45, 7) is 4.85. The summed E-state index contributed by atoms with van der Waals surface area (Å²) in [5, 5.41) is 3.10. The number of aryl methyl sites for hydroxylation is 1. The van der Waals surface area contributed by atoms with Gasteiger partial charge in [0.05, 0.1) is 5.69 Å². The fraction of sp³-hybridized carbons (Fsp3) is 0.615. The molecule has 1 aromatic rings. The Morgan fingerprint density at radius 3 is 2.78 bits per heavy atom. The molecule has 0 saturated carbocycles. The molecule has 3 N–H and O–H groups in total. The number of hydrogen-bond acceptors (Lipinski definition) is 3. The van der Waals surface area contributed by atoms with Crippen LogP contribution in [0, 0.1) is 0 Å². The lowest BCUT2D eigenvalue weighted by molar-refractivity contribution is 0.0907. The summed E-state index contributed by atoms with van der Waals surface area (Å²) in [6, 6.07) is 2.03. The molecule has 0 aromatic carbocycles. The molecule has 1 saturated heterocycles. The van der Waals surface area contributed by atoms with Gasteiger partial charge in [0.15, 0.2) is 0 Å². The summed E-state index contributed by atoms with van der Waals surface area (Å²) in [5.74, 6) is -0.0110. The fourth-order valence-electron chi connectivity index (χ4n) is 2.40. The van der Waals surface area contributed by atoms with Crippen molar-refractivity contribution in [1.82, 2.24) is 14.8 Å². The quantitative estimate of drug-likeness (QED) is 0.838. The van der Waals surface area contributed by atoms with Crippen LogP contribution in [0.1, 0.15) is 30.3 Å². The molecular formula is C13H22N4O. The molecule has 0 bridgehead atoms. The minimum absolute atomic E-state index is 0.0110. The van der Waals surface area contributed by atoms with Gasteiger partial charge in [0.1, 0.15) is 5.69 Å². The van der Waals surface area contributed by atoms with Crippen molar-refractivity contribution in [1.29, 1.82) is 0 Å². The van der Waals surface area contributed by atoms with E-state index in [0.717, 1.165) is 32.5 Å². The topological polar surface area (TPSA) is 63.3 Å². The van der Waals surface area contributed by atoms with E-state index >= 15 is 0 Å². The highest BCUT2D eigenvalue weighted by Crippen LogP contribution is 2.13. The van der Waals surface area contributed by atoms with Gasteiger partial charge >= 0.3 is 0 Å². The molecule has 100 valence electrons. The number of likely N-dealkylation sites (tertiary alicyclic amines) is 1. The summed E-state index contributed by atoms with van der Waals surface area (Å²) >= 11 is 0. The van der Waals surface area contributed by atoms with Gasteiger partial charge in [-0.15, -0.1) is 0 Å². The first-order chi connectivity index (χ1) is 8.60. The van der Waals surface area contributed by atoms with Gasteiger partial charge in [-0.25, -0.2) is 0 Å². The van der Waals surface area contributed by atoms with E-state index in [1.54, 1.807) is 6.07 Å². The van der Waals surface area contributed by atoms with Crippen LogP contribution in [-0.2, 0) is 6.54 Å². The highest BCUT2D eigenvalue weighted by atomic mass is 16.2. The maximum Gasteiger partial charge on any atom is 0.268 e. The highest BCUT2D eigenvalue weighted by molar-refractivity contribution is 5.94. The number of rotatable bonds is 3. The van der Waals surface area contributed by atoms with Gasteiger partial charge in [0, 0.05) is 18.8 Å². The molecule has 1 aliphatic heterocycles. The average Bonchev–Trinajstić information content (AvgIpc) is 2.73. The summed E-state index contributed by atoms with van der Waals surface area (Å²) in [4.78, 5) is 14.5. The van der Waals surface area contributed by atoms with Crippen molar-refractivity contribution in [3.63, 3.8) is 0 Å². The van der Waals surface area contributed by atoms with Gasteiger partial charge < -0.3 is 20.5 Å². The van der Waals surface area contributed by atoms with Crippen LogP contribution in [0.25, 0.3) is 0 Å². The lowest BCUT2D eigenvalue weighted by atomic mass is 10.1. The lowest BCUT2D eigenvalue weighted by Gasteiger charge is -2.29. The van der Waals surface area contributed by atoms with Crippen LogP contribution in [0.3, 0.4) is 0 Å². The summed E-state index contributed by atoms with van der Waals surface area (Å²) in [5.41, 5.74) is 7.04. The van der Waals surface area contributed by atoms with E-state index in [4.69, 9.17) is 5.73 Å². The van der Waals surface area contributed by atoms with Crippen LogP contribution < -0.4 is 11.1 Å². The number of anilines is 1. The lowest BCUT2D eigenvalue weighted by Crippen LogP contribution is -2.43. The highest BCUT2D eigenvalue weighted by Gasteiger charge is 2.20. The van der Waals surface area contributed by atoms with E-state index in [1.807, 2.05) is 17.7 Å². The Labute approximate surface area is 108 Å². The predicted molar refractivity (Wildman–Crippen MR) is 72.5 cm³/mol. The molecule has 1 fully saturated rings. The normalized spacial score (nSPS) is 17.9. The van der Waals surface area contributed by atoms with Crippen molar-refractivity contribution in [3.05, 3.63) is 18.0 Å². The zero-order valence-electron chi connectivity index (χ0n) is 11.1. The minimum Gasteiger partial charge on any atom is -0.397 e. The van der Waals surface area contributed by atoms with Crippen molar-refractivity contribution in [2.24, 2.45) is 0 Å². The van der Waals surface area contributed by atoms with E-state index in [9.17, 15) is 4.79 Å². The zero-order chi connectivity index (χ0) is 13.1. The first-order valence-corrected chi connectivity index (χ1v) is 6.55. The van der Waals surface area contributed by atoms with E-state index in [0.29, 0.717) is 11.4 Å². The monoisotopic (exact) mass is 250 g/mol. The molecule has 2 rings (SSSR count). The van der Waals surface area contributed by atoms with Gasteiger partial charge in [-0.2, -0.15) is 0 Å². The number of carbonyl (C=O) groups is 1. The predicted octanol–water partition coefficient (Wildman–Crippen LogP) is 0.914. The van der Waals surface area contributed by atoms with Crippen molar-refractivity contribution in [3.8, 4) is 0 Å². The van der Waals surface area contributed by atoms with Gasteiger partial charge in [-0.05, 0) is 46.0 Å². The van der Waals surface area contributed by atoms with E-state index in [-0.39, 0.29) is 11.9 Å². The number of nitrogen functional groups attached to an aromatic ring is 1. The molecule has 18 heavy (non-hydrogen) atoms. The second-order valence-corrected chi connectivity index (χ2v) is 5.00. The second-order valence-electron chi connectivity index (χ2n) is 5.00. The summed E-state index contributed by atoms with van der Waals surface area (Å²) in [6.07, 6.45) is 3.85. The maximum absolute atomic E-state index is 12.2. The van der Waals surface area contributed by atoms with Gasteiger partial charge in [0.25, 0.3) is 5.91 Å². The maximum atomic E-state index is 12.2. The smallest absolute Gasteiger partial charge is 0.268 e. The third kappa shape index (κ3) is 2.85. The molecular weight excluding hydrogens is 228 g/mol. The van der Waals surface area contributed by atoms with Crippen LogP contribution in [-0.4, -0.2) is 41.6 Å². The van der Waals surface area contributed by atoms with Gasteiger partial charge in [-0.3, -0.25) is 4.79 Å². The van der Waals surface area contributed by atoms with Crippen LogP contribution >= 0.6 is 0 Å². The molecule has 0 aliphatic carbocycles. The Morgan fingerprint density at radius 2 is 2.17 bits per heavy atom. The van der Waals surface area contributed by atoms with Crippen molar-refractivity contribution in [2.45, 2.75) is 32.4 Å². The molecule has 0 atom stereocenters. The molecule has 5 heteroatoms.